The highest BCUT2D eigenvalue weighted by Crippen LogP contribution is 2.34. The number of benzene rings is 2. The predicted octanol–water partition coefficient (Wildman–Crippen LogP) is 2.62. The van der Waals surface area contributed by atoms with Crippen molar-refractivity contribution in [3.63, 3.8) is 0 Å². The molecule has 0 saturated heterocycles. The lowest BCUT2D eigenvalue weighted by atomic mass is 10.0. The molecule has 0 amide bonds. The number of nitrogens with zero attached hydrogens (tertiary/aromatic N) is 1. The number of rotatable bonds is 4. The quantitative estimate of drug-likeness (QED) is 0.881. The van der Waals surface area contributed by atoms with E-state index in [2.05, 4.69) is 4.90 Å². The van der Waals surface area contributed by atoms with E-state index in [1.807, 2.05) is 55.5 Å². The van der Waals surface area contributed by atoms with Gasteiger partial charge in [-0.25, -0.2) is 0 Å². The van der Waals surface area contributed by atoms with Crippen LogP contribution in [-0.4, -0.2) is 25.0 Å². The van der Waals surface area contributed by atoms with Gasteiger partial charge in [0.2, 0.25) is 0 Å². The summed E-state index contributed by atoms with van der Waals surface area (Å²) in [5.41, 5.74) is 8.40. The Kier molecular flexibility index (Phi) is 4.11. The molecule has 0 aromatic heterocycles. The molecule has 22 heavy (non-hydrogen) atoms. The van der Waals surface area contributed by atoms with Crippen molar-refractivity contribution in [2.75, 3.05) is 18.1 Å². The number of ether oxygens (including phenoxy) is 1. The van der Waals surface area contributed by atoms with Crippen LogP contribution in [-0.2, 0) is 6.54 Å². The second-order valence-electron chi connectivity index (χ2n) is 5.45. The van der Waals surface area contributed by atoms with E-state index in [0.717, 1.165) is 22.6 Å². The molecule has 0 saturated carbocycles. The molecular formula is C18H20N2O2. The summed E-state index contributed by atoms with van der Waals surface area (Å²) in [6.07, 6.45) is 0. The Balaban J connectivity index is 1.89. The lowest BCUT2D eigenvalue weighted by molar-refractivity contribution is 0.0961. The molecule has 0 aliphatic carbocycles. The number of ketones is 1. The van der Waals surface area contributed by atoms with E-state index >= 15 is 0 Å². The molecule has 2 aromatic carbocycles. The number of Topliss-reactive ketones (excluding diaryl/α,β-unsaturated/α-hetero) is 1. The smallest absolute Gasteiger partial charge is 0.184 e. The van der Waals surface area contributed by atoms with Crippen LogP contribution < -0.4 is 15.4 Å². The molecule has 0 radical (unpaired) electrons. The van der Waals surface area contributed by atoms with Crippen molar-refractivity contribution in [1.82, 2.24) is 0 Å². The van der Waals surface area contributed by atoms with E-state index in [-0.39, 0.29) is 11.8 Å². The summed E-state index contributed by atoms with van der Waals surface area (Å²) in [5.74, 6) is 0.929. The molecule has 1 unspecified atom stereocenters. The van der Waals surface area contributed by atoms with E-state index < -0.39 is 0 Å². The van der Waals surface area contributed by atoms with Gasteiger partial charge >= 0.3 is 0 Å². The minimum Gasteiger partial charge on any atom is -0.490 e. The van der Waals surface area contributed by atoms with E-state index in [9.17, 15) is 4.79 Å². The lowest BCUT2D eigenvalue weighted by Gasteiger charge is -2.35. The Morgan fingerprint density at radius 1 is 1.27 bits per heavy atom. The molecule has 1 atom stereocenters. The minimum atomic E-state index is -0.228. The van der Waals surface area contributed by atoms with Gasteiger partial charge in [0.1, 0.15) is 12.4 Å². The van der Waals surface area contributed by atoms with Crippen LogP contribution in [0.5, 0.6) is 5.75 Å². The SMILES string of the molecule is CC(C(=O)c1ccccc1)N1CCOc2cc(CN)ccc21. The third-order valence-electron chi connectivity index (χ3n) is 4.06. The number of anilines is 1. The Morgan fingerprint density at radius 2 is 2.05 bits per heavy atom. The first-order valence-corrected chi connectivity index (χ1v) is 7.52. The number of nitrogens with two attached hydrogens (primary N) is 1. The van der Waals surface area contributed by atoms with Crippen molar-refractivity contribution in [2.24, 2.45) is 5.73 Å². The van der Waals surface area contributed by atoms with Gasteiger partial charge in [-0.1, -0.05) is 36.4 Å². The predicted molar refractivity (Wildman–Crippen MR) is 87.4 cm³/mol. The fourth-order valence-corrected chi connectivity index (χ4v) is 2.80. The molecule has 2 N–H and O–H groups in total. The van der Waals surface area contributed by atoms with Gasteiger partial charge in [-0.05, 0) is 24.6 Å². The van der Waals surface area contributed by atoms with Crippen molar-refractivity contribution in [3.8, 4) is 5.75 Å². The van der Waals surface area contributed by atoms with E-state index in [1.165, 1.54) is 0 Å². The molecular weight excluding hydrogens is 276 g/mol. The fraction of sp³-hybridized carbons (Fsp3) is 0.278. The van der Waals surface area contributed by atoms with Crippen LogP contribution in [0, 0.1) is 0 Å². The van der Waals surface area contributed by atoms with E-state index in [4.69, 9.17) is 10.5 Å². The molecule has 114 valence electrons. The molecule has 3 rings (SSSR count). The van der Waals surface area contributed by atoms with Gasteiger partial charge in [-0.3, -0.25) is 4.79 Å². The van der Waals surface area contributed by atoms with Gasteiger partial charge in [0.05, 0.1) is 18.3 Å². The maximum absolute atomic E-state index is 12.7. The van der Waals surface area contributed by atoms with Crippen molar-refractivity contribution in [1.29, 1.82) is 0 Å². The van der Waals surface area contributed by atoms with Gasteiger partial charge in [0.15, 0.2) is 5.78 Å². The average Bonchev–Trinajstić information content (AvgIpc) is 2.60. The van der Waals surface area contributed by atoms with Crippen molar-refractivity contribution in [3.05, 3.63) is 59.7 Å². The Morgan fingerprint density at radius 3 is 2.77 bits per heavy atom. The highest BCUT2D eigenvalue weighted by Gasteiger charge is 2.27. The van der Waals surface area contributed by atoms with Crippen LogP contribution in [0.1, 0.15) is 22.8 Å². The van der Waals surface area contributed by atoms with Crippen molar-refractivity contribution >= 4 is 11.5 Å². The summed E-state index contributed by atoms with van der Waals surface area (Å²) in [5, 5.41) is 0. The summed E-state index contributed by atoms with van der Waals surface area (Å²) in [4.78, 5) is 14.8. The molecule has 1 aliphatic heterocycles. The Labute approximate surface area is 130 Å². The number of hydrogen-bond acceptors (Lipinski definition) is 4. The molecule has 0 fully saturated rings. The molecule has 4 nitrogen and oxygen atoms in total. The first-order chi connectivity index (χ1) is 10.7. The van der Waals surface area contributed by atoms with Gasteiger partial charge in [-0.2, -0.15) is 0 Å². The monoisotopic (exact) mass is 296 g/mol. The minimum absolute atomic E-state index is 0.122. The zero-order valence-corrected chi connectivity index (χ0v) is 12.7. The summed E-state index contributed by atoms with van der Waals surface area (Å²) in [6.45, 7) is 3.71. The number of fused-ring (bicyclic) bond motifs is 1. The second kappa shape index (κ2) is 6.20. The average molecular weight is 296 g/mol. The van der Waals surface area contributed by atoms with Gasteiger partial charge in [0, 0.05) is 12.1 Å². The van der Waals surface area contributed by atoms with Crippen LogP contribution >= 0.6 is 0 Å². The topological polar surface area (TPSA) is 55.6 Å². The van der Waals surface area contributed by atoms with E-state index in [1.54, 1.807) is 0 Å². The van der Waals surface area contributed by atoms with Crippen molar-refractivity contribution < 1.29 is 9.53 Å². The van der Waals surface area contributed by atoms with E-state index in [0.29, 0.717) is 19.7 Å². The molecule has 1 aliphatic rings. The van der Waals surface area contributed by atoms with Crippen LogP contribution in [0.2, 0.25) is 0 Å². The van der Waals surface area contributed by atoms with Crippen LogP contribution in [0.15, 0.2) is 48.5 Å². The molecule has 4 heteroatoms. The standard InChI is InChI=1S/C18H20N2O2/c1-13(18(21)15-5-3-2-4-6-15)20-9-10-22-17-11-14(12-19)7-8-16(17)20/h2-8,11,13H,9-10,12,19H2,1H3. The van der Waals surface area contributed by atoms with Crippen molar-refractivity contribution in [2.45, 2.75) is 19.5 Å². The number of hydrogen-bond donors (Lipinski definition) is 1. The zero-order chi connectivity index (χ0) is 15.5. The Hall–Kier alpha value is -2.33. The zero-order valence-electron chi connectivity index (χ0n) is 12.7. The highest BCUT2D eigenvalue weighted by atomic mass is 16.5. The normalized spacial score (nSPS) is 14.9. The maximum Gasteiger partial charge on any atom is 0.184 e. The molecule has 0 bridgehead atoms. The van der Waals surface area contributed by atoms with Crippen LogP contribution in [0.4, 0.5) is 5.69 Å². The summed E-state index contributed by atoms with van der Waals surface area (Å²) < 4.78 is 5.72. The first-order valence-electron chi connectivity index (χ1n) is 7.52. The third-order valence-corrected chi connectivity index (χ3v) is 4.06. The number of carbonyl (C=O) groups excluding carboxylic acids is 1. The second-order valence-corrected chi connectivity index (χ2v) is 5.45. The van der Waals surface area contributed by atoms with Crippen LogP contribution in [0.25, 0.3) is 0 Å². The summed E-state index contributed by atoms with van der Waals surface area (Å²) in [6, 6.07) is 15.1. The van der Waals surface area contributed by atoms with Crippen LogP contribution in [0.3, 0.4) is 0 Å². The lowest BCUT2D eigenvalue weighted by Crippen LogP contribution is -2.44. The fourth-order valence-electron chi connectivity index (χ4n) is 2.80. The number of carbonyl (C=O) groups is 1. The largest absolute Gasteiger partial charge is 0.490 e. The summed E-state index contributed by atoms with van der Waals surface area (Å²) in [7, 11) is 0. The van der Waals surface area contributed by atoms with Gasteiger partial charge in [-0.15, -0.1) is 0 Å². The maximum atomic E-state index is 12.7. The first kappa shape index (κ1) is 14.6. The third kappa shape index (κ3) is 2.70. The molecule has 2 aromatic rings. The summed E-state index contributed by atoms with van der Waals surface area (Å²) >= 11 is 0. The molecule has 1 heterocycles. The molecule has 0 spiro atoms. The Bertz CT molecular complexity index is 670. The highest BCUT2D eigenvalue weighted by molar-refractivity contribution is 6.01. The van der Waals surface area contributed by atoms with Gasteiger partial charge < -0.3 is 15.4 Å². The van der Waals surface area contributed by atoms with Gasteiger partial charge in [0.25, 0.3) is 0 Å².